The number of carbonyl (C=O) groups excluding carboxylic acids is 2. The molecular weight excluding hydrogens is 447 g/mol. The Kier molecular flexibility index (Phi) is 8.04. The van der Waals surface area contributed by atoms with E-state index in [2.05, 4.69) is 62.5 Å². The highest BCUT2D eigenvalue weighted by Gasteiger charge is 2.41. The Morgan fingerprint density at radius 1 is 1.08 bits per heavy atom. The van der Waals surface area contributed by atoms with Crippen molar-refractivity contribution in [1.29, 1.82) is 0 Å². The fraction of sp³-hybridized carbons (Fsp3) is 0.467. The lowest BCUT2D eigenvalue weighted by molar-refractivity contribution is -0.136. The van der Waals surface area contributed by atoms with Crippen molar-refractivity contribution < 1.29 is 14.3 Å². The molecule has 1 fully saturated rings. The smallest absolute Gasteiger partial charge is 0.254 e. The van der Waals surface area contributed by atoms with Gasteiger partial charge in [-0.25, -0.2) is 0 Å². The van der Waals surface area contributed by atoms with E-state index >= 15 is 0 Å². The van der Waals surface area contributed by atoms with Gasteiger partial charge in [0.1, 0.15) is 6.04 Å². The molecule has 0 saturated carbocycles. The van der Waals surface area contributed by atoms with E-state index < -0.39 is 6.04 Å². The van der Waals surface area contributed by atoms with Crippen LogP contribution in [0.2, 0.25) is 12.1 Å². The molecule has 190 valence electrons. The number of allylic oxidation sites excluding steroid dienone is 1. The third-order valence-electron chi connectivity index (χ3n) is 8.53. The van der Waals surface area contributed by atoms with Gasteiger partial charge in [-0.2, -0.15) is 0 Å². The van der Waals surface area contributed by atoms with Crippen molar-refractivity contribution in [2.75, 3.05) is 19.7 Å². The highest BCUT2D eigenvalue weighted by Crippen LogP contribution is 2.43. The number of ether oxygens (including phenoxy) is 1. The Labute approximate surface area is 216 Å². The number of amides is 2. The number of nitrogens with zero attached hydrogens (tertiary/aromatic N) is 1. The van der Waals surface area contributed by atoms with Crippen LogP contribution in [0.4, 0.5) is 4.79 Å². The van der Waals surface area contributed by atoms with Crippen LogP contribution in [0, 0.1) is 0 Å². The number of carbonyl (C=O) groups is 2. The summed E-state index contributed by atoms with van der Waals surface area (Å²) >= 11 is 0. The third kappa shape index (κ3) is 5.59. The summed E-state index contributed by atoms with van der Waals surface area (Å²) in [5.41, 5.74) is 3.70. The molecular formula is C30H39BN2O3. The second kappa shape index (κ2) is 11.0. The number of nitrogens with one attached hydrogen (secondary N) is 1. The minimum Gasteiger partial charge on any atom is -0.374 e. The number of benzene rings is 2. The fourth-order valence-electron chi connectivity index (χ4n) is 5.22. The first-order valence-electron chi connectivity index (χ1n) is 13.3. The van der Waals surface area contributed by atoms with E-state index in [0.717, 1.165) is 24.8 Å². The summed E-state index contributed by atoms with van der Waals surface area (Å²) in [6, 6.07) is 17.7. The van der Waals surface area contributed by atoms with Gasteiger partial charge in [-0.1, -0.05) is 101 Å². The minimum atomic E-state index is -0.697. The van der Waals surface area contributed by atoms with Crippen molar-refractivity contribution in [3.8, 4) is 0 Å². The van der Waals surface area contributed by atoms with Crippen LogP contribution in [-0.2, 0) is 21.6 Å². The summed E-state index contributed by atoms with van der Waals surface area (Å²) in [5, 5.41) is 2.90. The molecule has 1 spiro atoms. The van der Waals surface area contributed by atoms with Gasteiger partial charge < -0.3 is 15.0 Å². The average Bonchev–Trinajstić information content (AvgIpc) is 3.26. The molecule has 1 heterocycles. The molecule has 6 heteroatoms. The molecule has 2 amide bonds. The zero-order valence-electron chi connectivity index (χ0n) is 22.1. The Balaban J connectivity index is 1.43. The first kappa shape index (κ1) is 26.2. The standard InChI is InChI=1S/C30H39BN2O3/c1-5-29(2,3)31(4)28(35)32-26(22-36-21-23-11-7-6-8-12-23)27(34)33-19-17-30(18-20-33)16-15-24-13-9-10-14-25(24)30/h6-16,26H,5,17-22H2,1-4H3,(H,32,35)/t26-/m1/s1. The second-order valence-corrected chi connectivity index (χ2v) is 11.0. The highest BCUT2D eigenvalue weighted by atomic mass is 16.5. The second-order valence-electron chi connectivity index (χ2n) is 11.0. The zero-order valence-corrected chi connectivity index (χ0v) is 22.1. The Morgan fingerprint density at radius 2 is 1.75 bits per heavy atom. The number of hydrogen-bond donors (Lipinski definition) is 1. The summed E-state index contributed by atoms with van der Waals surface area (Å²) in [6.45, 7) is 9.90. The predicted molar refractivity (Wildman–Crippen MR) is 147 cm³/mol. The SMILES string of the molecule is CCC(C)(C)B(C)C(=O)N[C@H](COCc1ccccc1)C(=O)N1CCC2(C=Cc3ccccc32)CC1. The topological polar surface area (TPSA) is 58.6 Å². The van der Waals surface area contributed by atoms with E-state index in [-0.39, 0.29) is 35.8 Å². The maximum atomic E-state index is 13.7. The molecule has 1 N–H and O–H groups in total. The predicted octanol–water partition coefficient (Wildman–Crippen LogP) is 5.77. The summed E-state index contributed by atoms with van der Waals surface area (Å²) in [7, 11) is 0. The van der Waals surface area contributed by atoms with E-state index in [4.69, 9.17) is 4.74 Å². The molecule has 2 aromatic rings. The van der Waals surface area contributed by atoms with Gasteiger partial charge >= 0.3 is 0 Å². The minimum absolute atomic E-state index is 0.00952. The van der Waals surface area contributed by atoms with Crippen molar-refractivity contribution >= 4 is 24.5 Å². The molecule has 5 nitrogen and oxygen atoms in total. The Bertz CT molecular complexity index is 1090. The van der Waals surface area contributed by atoms with Crippen LogP contribution < -0.4 is 5.32 Å². The molecule has 0 radical (unpaired) electrons. The van der Waals surface area contributed by atoms with Crippen molar-refractivity contribution in [3.05, 3.63) is 77.4 Å². The number of rotatable bonds is 9. The van der Waals surface area contributed by atoms with Gasteiger partial charge in [0, 0.05) is 18.5 Å². The monoisotopic (exact) mass is 486 g/mol. The van der Waals surface area contributed by atoms with E-state index in [9.17, 15) is 9.59 Å². The maximum absolute atomic E-state index is 13.7. The van der Waals surface area contributed by atoms with Gasteiger partial charge in [0.25, 0.3) is 6.71 Å². The Hall–Kier alpha value is -2.86. The van der Waals surface area contributed by atoms with Crippen molar-refractivity contribution in [1.82, 2.24) is 10.2 Å². The van der Waals surface area contributed by atoms with E-state index in [1.807, 2.05) is 42.1 Å². The van der Waals surface area contributed by atoms with Crippen molar-refractivity contribution in [3.63, 3.8) is 0 Å². The van der Waals surface area contributed by atoms with Crippen LogP contribution in [0.3, 0.4) is 0 Å². The maximum Gasteiger partial charge on any atom is 0.254 e. The molecule has 0 unspecified atom stereocenters. The molecule has 1 aliphatic heterocycles. The first-order valence-corrected chi connectivity index (χ1v) is 13.3. The lowest BCUT2D eigenvalue weighted by Crippen LogP contribution is -2.56. The van der Waals surface area contributed by atoms with Crippen LogP contribution in [0.15, 0.2) is 60.7 Å². The van der Waals surface area contributed by atoms with Crippen molar-refractivity contribution in [2.45, 2.75) is 70.2 Å². The molecule has 0 aromatic heterocycles. The molecule has 2 aromatic carbocycles. The zero-order chi connectivity index (χ0) is 25.8. The molecule has 4 rings (SSSR count). The van der Waals surface area contributed by atoms with Gasteiger partial charge in [-0.3, -0.25) is 9.59 Å². The van der Waals surface area contributed by atoms with Crippen LogP contribution in [0.1, 0.15) is 56.7 Å². The third-order valence-corrected chi connectivity index (χ3v) is 8.53. The van der Waals surface area contributed by atoms with Crippen LogP contribution in [0.5, 0.6) is 0 Å². The Morgan fingerprint density at radius 3 is 2.44 bits per heavy atom. The van der Waals surface area contributed by atoms with Crippen LogP contribution in [0.25, 0.3) is 6.08 Å². The van der Waals surface area contributed by atoms with E-state index in [1.54, 1.807) is 0 Å². The molecule has 1 aliphatic carbocycles. The number of piperidine rings is 1. The van der Waals surface area contributed by atoms with Crippen LogP contribution >= 0.6 is 0 Å². The molecule has 1 atom stereocenters. The quantitative estimate of drug-likeness (QED) is 0.458. The van der Waals surface area contributed by atoms with E-state index in [1.165, 1.54) is 11.1 Å². The largest absolute Gasteiger partial charge is 0.374 e. The fourth-order valence-corrected chi connectivity index (χ4v) is 5.22. The summed E-state index contributed by atoms with van der Waals surface area (Å²) in [4.78, 5) is 28.8. The number of fused-ring (bicyclic) bond motifs is 2. The van der Waals surface area contributed by atoms with Gasteiger partial charge in [0.15, 0.2) is 5.81 Å². The van der Waals surface area contributed by atoms with E-state index in [0.29, 0.717) is 19.7 Å². The lowest BCUT2D eigenvalue weighted by Gasteiger charge is -2.40. The molecule has 2 aliphatic rings. The van der Waals surface area contributed by atoms with Gasteiger partial charge in [0.2, 0.25) is 5.91 Å². The van der Waals surface area contributed by atoms with Gasteiger partial charge in [0.05, 0.1) is 13.2 Å². The number of hydrogen-bond acceptors (Lipinski definition) is 3. The summed E-state index contributed by atoms with van der Waals surface area (Å²) in [5.74, 6) is -0.146. The number of likely N-dealkylation sites (tertiary alicyclic amines) is 1. The van der Waals surface area contributed by atoms with Crippen molar-refractivity contribution in [2.24, 2.45) is 0 Å². The molecule has 36 heavy (non-hydrogen) atoms. The van der Waals surface area contributed by atoms with Gasteiger partial charge in [-0.05, 0) is 34.8 Å². The summed E-state index contributed by atoms with van der Waals surface area (Å²) < 4.78 is 5.95. The normalized spacial score (nSPS) is 17.1. The molecule has 1 saturated heterocycles. The summed E-state index contributed by atoms with van der Waals surface area (Å²) in [6.07, 6.45) is 7.18. The van der Waals surface area contributed by atoms with Crippen LogP contribution in [-0.4, -0.2) is 49.1 Å². The van der Waals surface area contributed by atoms with Gasteiger partial charge in [-0.15, -0.1) is 0 Å². The highest BCUT2D eigenvalue weighted by molar-refractivity contribution is 6.91. The molecule has 0 bridgehead atoms. The first-order chi connectivity index (χ1) is 17.3. The average molecular weight is 486 g/mol. The lowest BCUT2D eigenvalue weighted by atomic mass is 9.34.